The minimum Gasteiger partial charge on any atom is -0.461 e. The summed E-state index contributed by atoms with van der Waals surface area (Å²) in [5.74, 6) is -3.34. The van der Waals surface area contributed by atoms with Crippen molar-refractivity contribution in [2.24, 2.45) is 0 Å². The van der Waals surface area contributed by atoms with Crippen LogP contribution in [0.3, 0.4) is 0 Å². The molecule has 0 aliphatic rings. The number of hydrogen-bond acceptors (Lipinski definition) is 4. The minimum absolute atomic E-state index is 0.0662. The van der Waals surface area contributed by atoms with Crippen molar-refractivity contribution in [3.63, 3.8) is 0 Å². The first-order valence-corrected chi connectivity index (χ1v) is 6.42. The highest BCUT2D eigenvalue weighted by Gasteiger charge is 2.16. The zero-order valence-electron chi connectivity index (χ0n) is 11.6. The van der Waals surface area contributed by atoms with Gasteiger partial charge in [-0.3, -0.25) is 4.79 Å². The number of amides is 1. The topological polar surface area (TPSA) is 68.3 Å². The van der Waals surface area contributed by atoms with Crippen molar-refractivity contribution in [1.29, 1.82) is 0 Å². The van der Waals surface area contributed by atoms with Crippen LogP contribution in [0.25, 0.3) is 0 Å². The Balaban J connectivity index is 2.23. The molecule has 1 aromatic carbocycles. The second kappa shape index (κ2) is 6.75. The lowest BCUT2D eigenvalue weighted by atomic mass is 10.2. The van der Waals surface area contributed by atoms with Crippen molar-refractivity contribution < 1.29 is 23.1 Å². The summed E-state index contributed by atoms with van der Waals surface area (Å²) < 4.78 is 31.7. The maximum atomic E-state index is 13.5. The fourth-order valence-electron chi connectivity index (χ4n) is 1.67. The summed E-state index contributed by atoms with van der Waals surface area (Å²) in [6.45, 7) is 1.80. The highest BCUT2D eigenvalue weighted by Crippen LogP contribution is 2.18. The van der Waals surface area contributed by atoms with E-state index in [0.29, 0.717) is 0 Å². The SMILES string of the molecule is CCOC(=O)c1cccc(C(=O)Nc2c(F)cccc2F)n1. The van der Waals surface area contributed by atoms with E-state index in [2.05, 4.69) is 10.3 Å². The molecule has 1 amide bonds. The molecule has 0 bridgehead atoms. The molecule has 0 aliphatic heterocycles. The maximum Gasteiger partial charge on any atom is 0.356 e. The maximum absolute atomic E-state index is 13.5. The van der Waals surface area contributed by atoms with Crippen LogP contribution in [0.1, 0.15) is 27.9 Å². The molecular formula is C15H12F2N2O3. The van der Waals surface area contributed by atoms with Gasteiger partial charge in [-0.15, -0.1) is 0 Å². The lowest BCUT2D eigenvalue weighted by molar-refractivity contribution is 0.0519. The normalized spacial score (nSPS) is 10.1. The van der Waals surface area contributed by atoms with Gasteiger partial charge in [0, 0.05) is 0 Å². The predicted molar refractivity (Wildman–Crippen MR) is 74.5 cm³/mol. The molecule has 0 saturated carbocycles. The first kappa shape index (κ1) is 15.6. The van der Waals surface area contributed by atoms with Crippen molar-refractivity contribution in [3.8, 4) is 0 Å². The number of nitrogens with one attached hydrogen (secondary N) is 1. The molecule has 0 radical (unpaired) electrons. The molecule has 0 saturated heterocycles. The molecule has 0 unspecified atom stereocenters. The fraction of sp³-hybridized carbons (Fsp3) is 0.133. The van der Waals surface area contributed by atoms with Crippen LogP contribution >= 0.6 is 0 Å². The molecule has 1 aromatic heterocycles. The van der Waals surface area contributed by atoms with Crippen molar-refractivity contribution in [3.05, 3.63) is 59.4 Å². The van der Waals surface area contributed by atoms with Crippen LogP contribution in [-0.2, 0) is 4.74 Å². The molecule has 22 heavy (non-hydrogen) atoms. The molecule has 114 valence electrons. The average Bonchev–Trinajstić information content (AvgIpc) is 2.51. The molecule has 2 aromatic rings. The van der Waals surface area contributed by atoms with E-state index in [4.69, 9.17) is 4.74 Å². The summed E-state index contributed by atoms with van der Waals surface area (Å²) in [6, 6.07) is 7.32. The number of halogens is 2. The summed E-state index contributed by atoms with van der Waals surface area (Å²) in [6.07, 6.45) is 0. The van der Waals surface area contributed by atoms with Crippen LogP contribution < -0.4 is 5.32 Å². The number of hydrogen-bond donors (Lipinski definition) is 1. The first-order chi connectivity index (χ1) is 10.5. The van der Waals surface area contributed by atoms with Crippen molar-refractivity contribution in [2.45, 2.75) is 6.92 Å². The summed E-state index contributed by atoms with van der Waals surface area (Å²) in [7, 11) is 0. The van der Waals surface area contributed by atoms with E-state index in [1.165, 1.54) is 24.3 Å². The number of anilines is 1. The highest BCUT2D eigenvalue weighted by molar-refractivity contribution is 6.03. The largest absolute Gasteiger partial charge is 0.461 e. The molecule has 1 N–H and O–H groups in total. The number of carbonyl (C=O) groups is 2. The number of esters is 1. The molecule has 0 fully saturated rings. The Bertz CT molecular complexity index is 699. The van der Waals surface area contributed by atoms with Gasteiger partial charge in [0.15, 0.2) is 0 Å². The third kappa shape index (κ3) is 3.43. The number of nitrogens with zero attached hydrogens (tertiary/aromatic N) is 1. The van der Waals surface area contributed by atoms with Crippen LogP contribution in [0.15, 0.2) is 36.4 Å². The number of ether oxygens (including phenoxy) is 1. The summed E-state index contributed by atoms with van der Waals surface area (Å²) >= 11 is 0. The standard InChI is InChI=1S/C15H12F2N2O3/c1-2-22-15(21)12-8-4-7-11(18-12)14(20)19-13-9(16)5-3-6-10(13)17/h3-8H,2H2,1H3,(H,19,20). The number of pyridine rings is 1. The smallest absolute Gasteiger partial charge is 0.356 e. The molecule has 0 atom stereocenters. The zero-order chi connectivity index (χ0) is 16.1. The Kier molecular flexibility index (Phi) is 4.77. The number of aromatic nitrogens is 1. The van der Waals surface area contributed by atoms with E-state index in [9.17, 15) is 18.4 Å². The van der Waals surface area contributed by atoms with Crippen LogP contribution in [0, 0.1) is 11.6 Å². The molecule has 7 heteroatoms. The molecule has 0 spiro atoms. The first-order valence-electron chi connectivity index (χ1n) is 6.42. The van der Waals surface area contributed by atoms with Gasteiger partial charge in [-0.1, -0.05) is 12.1 Å². The van der Waals surface area contributed by atoms with Gasteiger partial charge in [-0.2, -0.15) is 0 Å². The monoisotopic (exact) mass is 306 g/mol. The van der Waals surface area contributed by atoms with Gasteiger partial charge in [-0.05, 0) is 31.2 Å². The predicted octanol–water partition coefficient (Wildman–Crippen LogP) is 2.79. The average molecular weight is 306 g/mol. The number of para-hydroxylation sites is 1. The Morgan fingerprint density at radius 1 is 1.09 bits per heavy atom. The molecule has 5 nitrogen and oxygen atoms in total. The fourth-order valence-corrected chi connectivity index (χ4v) is 1.67. The summed E-state index contributed by atoms with van der Waals surface area (Å²) in [5.41, 5.74) is -0.799. The summed E-state index contributed by atoms with van der Waals surface area (Å²) in [5, 5.41) is 2.09. The van der Waals surface area contributed by atoms with Gasteiger partial charge in [0.25, 0.3) is 5.91 Å². The second-order valence-electron chi connectivity index (χ2n) is 4.18. The number of rotatable bonds is 4. The van der Waals surface area contributed by atoms with E-state index in [1.807, 2.05) is 0 Å². The lowest BCUT2D eigenvalue weighted by Crippen LogP contribution is -2.17. The highest BCUT2D eigenvalue weighted by atomic mass is 19.1. The lowest BCUT2D eigenvalue weighted by Gasteiger charge is -2.08. The number of benzene rings is 1. The van der Waals surface area contributed by atoms with E-state index < -0.39 is 29.2 Å². The quantitative estimate of drug-likeness (QED) is 0.882. The van der Waals surface area contributed by atoms with Gasteiger partial charge in [0.1, 0.15) is 28.7 Å². The van der Waals surface area contributed by atoms with Gasteiger partial charge < -0.3 is 10.1 Å². The summed E-state index contributed by atoms with van der Waals surface area (Å²) in [4.78, 5) is 27.4. The molecular weight excluding hydrogens is 294 g/mol. The van der Waals surface area contributed by atoms with Crippen molar-refractivity contribution >= 4 is 17.6 Å². The van der Waals surface area contributed by atoms with Gasteiger partial charge in [0.2, 0.25) is 0 Å². The van der Waals surface area contributed by atoms with Crippen LogP contribution in [0.2, 0.25) is 0 Å². The van der Waals surface area contributed by atoms with E-state index in [-0.39, 0.29) is 18.0 Å². The van der Waals surface area contributed by atoms with E-state index >= 15 is 0 Å². The molecule has 2 rings (SSSR count). The van der Waals surface area contributed by atoms with Crippen molar-refractivity contribution in [2.75, 3.05) is 11.9 Å². The third-order valence-electron chi connectivity index (χ3n) is 2.67. The minimum atomic E-state index is -0.908. The Morgan fingerprint density at radius 2 is 1.68 bits per heavy atom. The van der Waals surface area contributed by atoms with Crippen LogP contribution in [-0.4, -0.2) is 23.5 Å². The van der Waals surface area contributed by atoms with Gasteiger partial charge >= 0.3 is 5.97 Å². The Hall–Kier alpha value is -2.83. The van der Waals surface area contributed by atoms with E-state index in [1.54, 1.807) is 6.92 Å². The third-order valence-corrected chi connectivity index (χ3v) is 2.67. The van der Waals surface area contributed by atoms with Crippen LogP contribution in [0.4, 0.5) is 14.5 Å². The zero-order valence-corrected chi connectivity index (χ0v) is 11.6. The molecule has 0 aliphatic carbocycles. The Morgan fingerprint density at radius 3 is 2.32 bits per heavy atom. The van der Waals surface area contributed by atoms with Gasteiger partial charge in [-0.25, -0.2) is 18.6 Å². The van der Waals surface area contributed by atoms with Gasteiger partial charge in [0.05, 0.1) is 6.61 Å². The Labute approximate surface area is 124 Å². The van der Waals surface area contributed by atoms with Crippen LogP contribution in [0.5, 0.6) is 0 Å². The number of carbonyl (C=O) groups excluding carboxylic acids is 2. The molecule has 1 heterocycles. The van der Waals surface area contributed by atoms with E-state index in [0.717, 1.165) is 12.1 Å². The second-order valence-corrected chi connectivity index (χ2v) is 4.18. The van der Waals surface area contributed by atoms with Crippen molar-refractivity contribution in [1.82, 2.24) is 4.98 Å².